The zero-order chi connectivity index (χ0) is 13.8. The van der Waals surface area contributed by atoms with E-state index in [1.54, 1.807) is 12.1 Å². The molecule has 1 aliphatic carbocycles. The van der Waals surface area contributed by atoms with E-state index in [0.29, 0.717) is 24.1 Å². The van der Waals surface area contributed by atoms with Crippen LogP contribution in [0.4, 0.5) is 4.39 Å². The number of hydrogen-bond donors (Lipinski definition) is 1. The molecular weight excluding hydrogens is 239 g/mol. The molecule has 1 saturated carbocycles. The Hall–Kier alpha value is -1.40. The van der Waals surface area contributed by atoms with Crippen LogP contribution in [0.25, 0.3) is 0 Å². The van der Waals surface area contributed by atoms with Crippen molar-refractivity contribution in [3.05, 3.63) is 35.1 Å². The maximum Gasteiger partial charge on any atom is 0.145 e. The van der Waals surface area contributed by atoms with E-state index in [-0.39, 0.29) is 11.4 Å². The molecule has 0 spiro atoms. The summed E-state index contributed by atoms with van der Waals surface area (Å²) in [5.41, 5.74) is 0.719. The van der Waals surface area contributed by atoms with Crippen LogP contribution in [0.15, 0.2) is 18.2 Å². The second-order valence-electron chi connectivity index (χ2n) is 5.48. The largest absolute Gasteiger partial charge is 0.310 e. The Kier molecular flexibility index (Phi) is 4.55. The standard InChI is InChI=1S/C16H21FN2/c1-3-12-7-8-15(11(12)2)19-10-14-6-4-5-13(9-18)16(14)17/h4-6,11-12,15,19H,3,7-8,10H2,1-2H3. The van der Waals surface area contributed by atoms with Gasteiger partial charge in [0.25, 0.3) is 0 Å². The normalized spacial score (nSPS) is 26.3. The van der Waals surface area contributed by atoms with Gasteiger partial charge in [0.1, 0.15) is 11.9 Å². The average Bonchev–Trinajstić information content (AvgIpc) is 2.78. The third-order valence-corrected chi connectivity index (χ3v) is 4.50. The van der Waals surface area contributed by atoms with Crippen LogP contribution in [0, 0.1) is 29.0 Å². The lowest BCUT2D eigenvalue weighted by Crippen LogP contribution is -2.32. The van der Waals surface area contributed by atoms with Crippen molar-refractivity contribution in [1.82, 2.24) is 5.32 Å². The van der Waals surface area contributed by atoms with Crippen molar-refractivity contribution >= 4 is 0 Å². The van der Waals surface area contributed by atoms with Crippen molar-refractivity contribution in [2.45, 2.75) is 45.7 Å². The molecule has 1 aromatic carbocycles. The fourth-order valence-electron chi connectivity index (χ4n) is 3.16. The number of rotatable bonds is 4. The number of nitriles is 1. The van der Waals surface area contributed by atoms with E-state index in [4.69, 9.17) is 5.26 Å². The maximum atomic E-state index is 13.9. The van der Waals surface area contributed by atoms with Crippen LogP contribution in [0.5, 0.6) is 0 Å². The zero-order valence-corrected chi connectivity index (χ0v) is 11.6. The van der Waals surface area contributed by atoms with Crippen molar-refractivity contribution < 1.29 is 4.39 Å². The molecule has 0 bridgehead atoms. The molecule has 0 saturated heterocycles. The van der Waals surface area contributed by atoms with Gasteiger partial charge in [0.05, 0.1) is 5.56 Å². The molecule has 0 amide bonds. The summed E-state index contributed by atoms with van der Waals surface area (Å²) in [5, 5.41) is 12.3. The van der Waals surface area contributed by atoms with Gasteiger partial charge in [-0.15, -0.1) is 0 Å². The number of benzene rings is 1. The fourth-order valence-corrected chi connectivity index (χ4v) is 3.16. The summed E-state index contributed by atoms with van der Waals surface area (Å²) in [7, 11) is 0. The summed E-state index contributed by atoms with van der Waals surface area (Å²) in [6.45, 7) is 5.02. The first-order chi connectivity index (χ1) is 9.17. The molecule has 3 heteroatoms. The third kappa shape index (κ3) is 2.96. The molecule has 0 radical (unpaired) electrons. The van der Waals surface area contributed by atoms with Crippen LogP contribution >= 0.6 is 0 Å². The van der Waals surface area contributed by atoms with Crippen LogP contribution in [0.3, 0.4) is 0 Å². The van der Waals surface area contributed by atoms with E-state index in [9.17, 15) is 4.39 Å². The minimum Gasteiger partial charge on any atom is -0.310 e. The molecule has 2 nitrogen and oxygen atoms in total. The van der Waals surface area contributed by atoms with Crippen LogP contribution in [0.2, 0.25) is 0 Å². The van der Waals surface area contributed by atoms with Crippen LogP contribution in [0.1, 0.15) is 44.2 Å². The summed E-state index contributed by atoms with van der Waals surface area (Å²) >= 11 is 0. The fraction of sp³-hybridized carbons (Fsp3) is 0.562. The first-order valence-corrected chi connectivity index (χ1v) is 7.08. The van der Waals surface area contributed by atoms with E-state index in [1.807, 2.05) is 6.07 Å². The summed E-state index contributed by atoms with van der Waals surface area (Å²) in [4.78, 5) is 0. The first kappa shape index (κ1) is 14.0. The monoisotopic (exact) mass is 260 g/mol. The van der Waals surface area contributed by atoms with Gasteiger partial charge < -0.3 is 5.32 Å². The molecular formula is C16H21FN2. The highest BCUT2D eigenvalue weighted by atomic mass is 19.1. The Labute approximate surface area is 114 Å². The Morgan fingerprint density at radius 3 is 2.84 bits per heavy atom. The topological polar surface area (TPSA) is 35.8 Å². The highest BCUT2D eigenvalue weighted by molar-refractivity contribution is 5.34. The van der Waals surface area contributed by atoms with E-state index < -0.39 is 0 Å². The van der Waals surface area contributed by atoms with Crippen molar-refractivity contribution in [2.75, 3.05) is 0 Å². The van der Waals surface area contributed by atoms with Crippen molar-refractivity contribution in [3.8, 4) is 6.07 Å². The molecule has 1 aromatic rings. The molecule has 102 valence electrons. The smallest absolute Gasteiger partial charge is 0.145 e. The summed E-state index contributed by atoms with van der Waals surface area (Å²) in [5.74, 6) is 1.05. The second kappa shape index (κ2) is 6.16. The summed E-state index contributed by atoms with van der Waals surface area (Å²) in [6, 6.07) is 7.36. The SMILES string of the molecule is CCC1CCC(NCc2cccc(C#N)c2F)C1C. The quantitative estimate of drug-likeness (QED) is 0.897. The summed E-state index contributed by atoms with van der Waals surface area (Å²) < 4.78 is 13.9. The lowest BCUT2D eigenvalue weighted by Gasteiger charge is -2.21. The van der Waals surface area contributed by atoms with E-state index in [0.717, 1.165) is 5.92 Å². The Morgan fingerprint density at radius 1 is 1.42 bits per heavy atom. The zero-order valence-electron chi connectivity index (χ0n) is 11.6. The molecule has 1 aliphatic rings. The highest BCUT2D eigenvalue weighted by Gasteiger charge is 2.31. The lowest BCUT2D eigenvalue weighted by molar-refractivity contribution is 0.343. The van der Waals surface area contributed by atoms with E-state index >= 15 is 0 Å². The van der Waals surface area contributed by atoms with Crippen LogP contribution in [-0.4, -0.2) is 6.04 Å². The predicted octanol–water partition coefficient (Wildman–Crippen LogP) is 3.61. The Bertz CT molecular complexity index is 478. The van der Waals surface area contributed by atoms with Gasteiger partial charge in [0.2, 0.25) is 0 Å². The number of nitrogens with one attached hydrogen (secondary N) is 1. The predicted molar refractivity (Wildman–Crippen MR) is 73.9 cm³/mol. The molecule has 3 atom stereocenters. The number of halogens is 1. The van der Waals surface area contributed by atoms with Crippen molar-refractivity contribution in [3.63, 3.8) is 0 Å². The van der Waals surface area contributed by atoms with Gasteiger partial charge in [-0.3, -0.25) is 0 Å². The molecule has 3 unspecified atom stereocenters. The maximum absolute atomic E-state index is 13.9. The van der Waals surface area contributed by atoms with Gasteiger partial charge in [0, 0.05) is 18.2 Å². The molecule has 0 aliphatic heterocycles. The number of nitrogens with zero attached hydrogens (tertiary/aromatic N) is 1. The van der Waals surface area contributed by atoms with Gasteiger partial charge in [-0.2, -0.15) is 5.26 Å². The van der Waals surface area contributed by atoms with E-state index in [2.05, 4.69) is 19.2 Å². The van der Waals surface area contributed by atoms with Crippen molar-refractivity contribution in [2.24, 2.45) is 11.8 Å². The second-order valence-corrected chi connectivity index (χ2v) is 5.48. The third-order valence-electron chi connectivity index (χ3n) is 4.50. The van der Waals surface area contributed by atoms with Crippen LogP contribution < -0.4 is 5.32 Å². The molecule has 1 N–H and O–H groups in total. The van der Waals surface area contributed by atoms with Gasteiger partial charge in [-0.05, 0) is 30.7 Å². The lowest BCUT2D eigenvalue weighted by atomic mass is 9.93. The number of hydrogen-bond acceptors (Lipinski definition) is 2. The minimum absolute atomic E-state index is 0.130. The van der Waals surface area contributed by atoms with Gasteiger partial charge >= 0.3 is 0 Å². The molecule has 1 fully saturated rings. The Balaban J connectivity index is 1.99. The molecule has 2 rings (SSSR count). The molecule has 0 heterocycles. The van der Waals surface area contributed by atoms with Gasteiger partial charge in [-0.1, -0.05) is 32.4 Å². The first-order valence-electron chi connectivity index (χ1n) is 7.08. The van der Waals surface area contributed by atoms with Crippen molar-refractivity contribution in [1.29, 1.82) is 5.26 Å². The average molecular weight is 260 g/mol. The molecule has 19 heavy (non-hydrogen) atoms. The summed E-state index contributed by atoms with van der Waals surface area (Å²) in [6.07, 6.45) is 3.65. The van der Waals surface area contributed by atoms with Gasteiger partial charge in [-0.25, -0.2) is 4.39 Å². The molecule has 0 aromatic heterocycles. The van der Waals surface area contributed by atoms with Gasteiger partial charge in [0.15, 0.2) is 0 Å². The minimum atomic E-state index is -0.379. The van der Waals surface area contributed by atoms with Crippen LogP contribution in [-0.2, 0) is 6.54 Å². The highest BCUT2D eigenvalue weighted by Crippen LogP contribution is 2.34. The Morgan fingerprint density at radius 2 is 2.21 bits per heavy atom. The van der Waals surface area contributed by atoms with E-state index in [1.165, 1.54) is 25.3 Å².